The number of nitrogens with zero attached hydrogens (tertiary/aromatic N) is 2. The minimum Gasteiger partial charge on any atom is -0.278 e. The minimum atomic E-state index is -3.63. The molecule has 0 bridgehead atoms. The summed E-state index contributed by atoms with van der Waals surface area (Å²) in [5.41, 5.74) is 0.539. The van der Waals surface area contributed by atoms with Gasteiger partial charge in [-0.05, 0) is 35.9 Å². The molecule has 0 saturated heterocycles. The quantitative estimate of drug-likeness (QED) is 0.806. The van der Waals surface area contributed by atoms with E-state index in [2.05, 4.69) is 9.82 Å². The second-order valence-electron chi connectivity index (χ2n) is 4.65. The molecule has 1 aromatic heterocycles. The molecular formula is C15H15N3O2S. The Balaban J connectivity index is 1.97. The molecule has 1 N–H and O–H groups in total. The smallest absolute Gasteiger partial charge is 0.278 e. The number of anilines is 1. The SMILES string of the molecule is CCn1nccc1S(=O)(=O)Nc1ccc2ccccc2c1. The molecule has 0 spiro atoms. The van der Waals surface area contributed by atoms with E-state index in [0.717, 1.165) is 10.8 Å². The third-order valence-corrected chi connectivity index (χ3v) is 4.66. The Morgan fingerprint density at radius 2 is 1.86 bits per heavy atom. The summed E-state index contributed by atoms with van der Waals surface area (Å²) in [5.74, 6) is 0. The van der Waals surface area contributed by atoms with Crippen LogP contribution < -0.4 is 4.72 Å². The van der Waals surface area contributed by atoms with Gasteiger partial charge in [0.05, 0.1) is 6.20 Å². The van der Waals surface area contributed by atoms with Crippen LogP contribution in [0.25, 0.3) is 10.8 Å². The normalized spacial score (nSPS) is 11.7. The zero-order valence-electron chi connectivity index (χ0n) is 11.5. The summed E-state index contributed by atoms with van der Waals surface area (Å²) in [5, 5.41) is 6.21. The van der Waals surface area contributed by atoms with Gasteiger partial charge in [0.2, 0.25) is 0 Å². The summed E-state index contributed by atoms with van der Waals surface area (Å²) in [4.78, 5) is 0. The predicted molar refractivity (Wildman–Crippen MR) is 82.7 cm³/mol. The molecule has 3 rings (SSSR count). The molecule has 0 aliphatic heterocycles. The Kier molecular flexibility index (Phi) is 3.39. The fraction of sp³-hybridized carbons (Fsp3) is 0.133. The van der Waals surface area contributed by atoms with E-state index in [9.17, 15) is 8.42 Å². The van der Waals surface area contributed by atoms with Crippen LogP contribution in [-0.2, 0) is 16.6 Å². The van der Waals surface area contributed by atoms with Gasteiger partial charge in [0.15, 0.2) is 5.03 Å². The number of nitrogens with one attached hydrogen (secondary N) is 1. The molecule has 1 heterocycles. The van der Waals surface area contributed by atoms with Crippen LogP contribution in [0, 0.1) is 0 Å². The van der Waals surface area contributed by atoms with E-state index in [4.69, 9.17) is 0 Å². The van der Waals surface area contributed by atoms with Gasteiger partial charge >= 0.3 is 0 Å². The van der Waals surface area contributed by atoms with Gasteiger partial charge in [-0.3, -0.25) is 9.40 Å². The maximum absolute atomic E-state index is 12.4. The summed E-state index contributed by atoms with van der Waals surface area (Å²) < 4.78 is 28.9. The van der Waals surface area contributed by atoms with Crippen molar-refractivity contribution in [2.45, 2.75) is 18.5 Å². The van der Waals surface area contributed by atoms with Crippen LogP contribution in [0.15, 0.2) is 59.8 Å². The number of benzene rings is 2. The van der Waals surface area contributed by atoms with Crippen LogP contribution in [0.3, 0.4) is 0 Å². The van der Waals surface area contributed by atoms with Gasteiger partial charge in [0.1, 0.15) is 0 Å². The van der Waals surface area contributed by atoms with Crippen molar-refractivity contribution in [3.8, 4) is 0 Å². The van der Waals surface area contributed by atoms with Crippen molar-refractivity contribution in [2.75, 3.05) is 4.72 Å². The van der Waals surface area contributed by atoms with Crippen molar-refractivity contribution in [3.63, 3.8) is 0 Å². The standard InChI is InChI=1S/C15H15N3O2S/c1-2-18-15(9-10-16-18)21(19,20)17-14-8-7-12-5-3-4-6-13(12)11-14/h3-11,17H,2H2,1H3. The molecule has 21 heavy (non-hydrogen) atoms. The summed E-state index contributed by atoms with van der Waals surface area (Å²) in [6, 6.07) is 14.8. The molecule has 0 unspecified atom stereocenters. The number of hydrogen-bond acceptors (Lipinski definition) is 3. The van der Waals surface area contributed by atoms with E-state index in [1.807, 2.05) is 43.3 Å². The summed E-state index contributed by atoms with van der Waals surface area (Å²) in [6.07, 6.45) is 1.48. The fourth-order valence-corrected chi connectivity index (χ4v) is 3.48. The highest BCUT2D eigenvalue weighted by Gasteiger charge is 2.18. The number of aryl methyl sites for hydroxylation is 1. The second kappa shape index (κ2) is 5.21. The number of aromatic nitrogens is 2. The highest BCUT2D eigenvalue weighted by atomic mass is 32.2. The van der Waals surface area contributed by atoms with E-state index >= 15 is 0 Å². The van der Waals surface area contributed by atoms with E-state index in [1.54, 1.807) is 6.07 Å². The summed E-state index contributed by atoms with van der Waals surface area (Å²) in [7, 11) is -3.63. The molecule has 2 aromatic carbocycles. The fourth-order valence-electron chi connectivity index (χ4n) is 2.25. The van der Waals surface area contributed by atoms with Crippen molar-refractivity contribution in [1.29, 1.82) is 0 Å². The van der Waals surface area contributed by atoms with Crippen LogP contribution >= 0.6 is 0 Å². The largest absolute Gasteiger partial charge is 0.279 e. The Labute approximate surface area is 123 Å². The Hall–Kier alpha value is -2.34. The number of hydrogen-bond donors (Lipinski definition) is 1. The lowest BCUT2D eigenvalue weighted by molar-refractivity contribution is 0.558. The summed E-state index contributed by atoms with van der Waals surface area (Å²) in [6.45, 7) is 2.35. The van der Waals surface area contributed by atoms with E-state index in [1.165, 1.54) is 16.9 Å². The van der Waals surface area contributed by atoms with Gasteiger partial charge in [0, 0.05) is 12.2 Å². The molecule has 6 heteroatoms. The topological polar surface area (TPSA) is 64.0 Å². The summed E-state index contributed by atoms with van der Waals surface area (Å²) >= 11 is 0. The lowest BCUT2D eigenvalue weighted by atomic mass is 10.1. The average molecular weight is 301 g/mol. The molecule has 0 fully saturated rings. The van der Waals surface area contributed by atoms with Crippen molar-refractivity contribution in [2.24, 2.45) is 0 Å². The third kappa shape index (κ3) is 2.62. The van der Waals surface area contributed by atoms with Crippen LogP contribution in [0.2, 0.25) is 0 Å². The van der Waals surface area contributed by atoms with Crippen LogP contribution in [0.1, 0.15) is 6.92 Å². The van der Waals surface area contributed by atoms with E-state index < -0.39 is 10.0 Å². The Morgan fingerprint density at radius 3 is 2.62 bits per heavy atom. The highest BCUT2D eigenvalue weighted by Crippen LogP contribution is 2.21. The van der Waals surface area contributed by atoms with Gasteiger partial charge < -0.3 is 0 Å². The monoisotopic (exact) mass is 301 g/mol. The lowest BCUT2D eigenvalue weighted by Gasteiger charge is -2.10. The van der Waals surface area contributed by atoms with Crippen LogP contribution in [0.4, 0.5) is 5.69 Å². The third-order valence-electron chi connectivity index (χ3n) is 3.25. The first-order valence-corrected chi connectivity index (χ1v) is 8.12. The predicted octanol–water partition coefficient (Wildman–Crippen LogP) is 2.86. The first-order chi connectivity index (χ1) is 10.1. The first kappa shape index (κ1) is 13.6. The molecule has 0 amide bonds. The van der Waals surface area contributed by atoms with Gasteiger partial charge in [0.25, 0.3) is 10.0 Å². The zero-order valence-corrected chi connectivity index (χ0v) is 12.3. The molecule has 0 aliphatic rings. The molecule has 0 aliphatic carbocycles. The number of rotatable bonds is 4. The highest BCUT2D eigenvalue weighted by molar-refractivity contribution is 7.92. The van der Waals surface area contributed by atoms with Gasteiger partial charge in [-0.1, -0.05) is 30.3 Å². The van der Waals surface area contributed by atoms with Crippen molar-refractivity contribution < 1.29 is 8.42 Å². The van der Waals surface area contributed by atoms with Crippen molar-refractivity contribution >= 4 is 26.5 Å². The number of fused-ring (bicyclic) bond motifs is 1. The Morgan fingerprint density at radius 1 is 1.10 bits per heavy atom. The first-order valence-electron chi connectivity index (χ1n) is 6.63. The van der Waals surface area contributed by atoms with Crippen molar-refractivity contribution in [1.82, 2.24) is 9.78 Å². The molecule has 5 nitrogen and oxygen atoms in total. The Bertz CT molecular complexity index is 885. The maximum Gasteiger partial charge on any atom is 0.279 e. The van der Waals surface area contributed by atoms with Crippen LogP contribution in [-0.4, -0.2) is 18.2 Å². The average Bonchev–Trinajstić information content (AvgIpc) is 2.96. The maximum atomic E-state index is 12.4. The van der Waals surface area contributed by atoms with Gasteiger partial charge in [-0.15, -0.1) is 0 Å². The molecule has 0 radical (unpaired) electrons. The molecule has 108 valence electrons. The number of sulfonamides is 1. The minimum absolute atomic E-state index is 0.165. The molecular weight excluding hydrogens is 286 g/mol. The van der Waals surface area contributed by atoms with Gasteiger partial charge in [-0.25, -0.2) is 0 Å². The van der Waals surface area contributed by atoms with Gasteiger partial charge in [-0.2, -0.15) is 13.5 Å². The molecule has 3 aromatic rings. The van der Waals surface area contributed by atoms with Crippen LogP contribution in [0.5, 0.6) is 0 Å². The molecule has 0 atom stereocenters. The molecule has 0 saturated carbocycles. The second-order valence-corrected chi connectivity index (χ2v) is 6.28. The van der Waals surface area contributed by atoms with E-state index in [0.29, 0.717) is 12.2 Å². The van der Waals surface area contributed by atoms with Crippen molar-refractivity contribution in [3.05, 3.63) is 54.7 Å². The van der Waals surface area contributed by atoms with E-state index in [-0.39, 0.29) is 5.03 Å². The zero-order chi connectivity index (χ0) is 14.9. The lowest BCUT2D eigenvalue weighted by Crippen LogP contribution is -2.17.